The maximum atomic E-state index is 12.7. The Balaban J connectivity index is 2.13. The Labute approximate surface area is 158 Å². The second-order valence-corrected chi connectivity index (χ2v) is 5.53. The van der Waals surface area contributed by atoms with Gasteiger partial charge in [-0.15, -0.1) is 0 Å². The van der Waals surface area contributed by atoms with Gasteiger partial charge in [-0.05, 0) is 42.0 Å². The molecule has 28 heavy (non-hydrogen) atoms. The van der Waals surface area contributed by atoms with Crippen molar-refractivity contribution in [3.8, 4) is 11.8 Å². The van der Waals surface area contributed by atoms with Crippen LogP contribution in [0.2, 0.25) is 0 Å². The molecule has 6 nitrogen and oxygen atoms in total. The molecule has 2 rings (SSSR count). The van der Waals surface area contributed by atoms with E-state index in [1.165, 1.54) is 36.4 Å². The first-order chi connectivity index (χ1) is 13.2. The summed E-state index contributed by atoms with van der Waals surface area (Å²) in [6.07, 6.45) is -3.28. The van der Waals surface area contributed by atoms with Crippen molar-refractivity contribution in [2.24, 2.45) is 5.73 Å². The maximum absolute atomic E-state index is 12.7. The summed E-state index contributed by atoms with van der Waals surface area (Å²) in [5.74, 6) is -1.12. The zero-order valence-electron chi connectivity index (χ0n) is 14.3. The molecular weight excluding hydrogens is 375 g/mol. The van der Waals surface area contributed by atoms with Crippen molar-refractivity contribution < 1.29 is 27.5 Å². The minimum Gasteiger partial charge on any atom is -0.484 e. The number of carbonyl (C=O) groups excluding carboxylic acids is 2. The van der Waals surface area contributed by atoms with Crippen LogP contribution in [0.3, 0.4) is 0 Å². The molecule has 2 aromatic carbocycles. The Hall–Kier alpha value is -3.80. The average Bonchev–Trinajstić information content (AvgIpc) is 2.64. The molecule has 0 fully saturated rings. The summed E-state index contributed by atoms with van der Waals surface area (Å²) in [5.41, 5.74) is 4.13. The summed E-state index contributed by atoms with van der Waals surface area (Å²) in [4.78, 5) is 22.9. The van der Waals surface area contributed by atoms with Crippen molar-refractivity contribution >= 4 is 23.6 Å². The van der Waals surface area contributed by atoms with E-state index in [2.05, 4.69) is 5.32 Å². The van der Waals surface area contributed by atoms with Gasteiger partial charge in [0.1, 0.15) is 17.4 Å². The lowest BCUT2D eigenvalue weighted by molar-refractivity contribution is -0.137. The van der Waals surface area contributed by atoms with Gasteiger partial charge in [0.2, 0.25) is 0 Å². The van der Waals surface area contributed by atoms with Gasteiger partial charge < -0.3 is 15.8 Å². The van der Waals surface area contributed by atoms with E-state index in [4.69, 9.17) is 10.5 Å². The maximum Gasteiger partial charge on any atom is 0.416 e. The lowest BCUT2D eigenvalue weighted by Gasteiger charge is -2.09. The van der Waals surface area contributed by atoms with Crippen LogP contribution in [-0.2, 0) is 15.8 Å². The molecule has 0 saturated heterocycles. The lowest BCUT2D eigenvalue weighted by Crippen LogP contribution is -2.19. The summed E-state index contributed by atoms with van der Waals surface area (Å²) in [7, 11) is 0. The topological polar surface area (TPSA) is 105 Å². The van der Waals surface area contributed by atoms with Gasteiger partial charge in [-0.3, -0.25) is 9.59 Å². The van der Waals surface area contributed by atoms with Crippen molar-refractivity contribution in [3.63, 3.8) is 0 Å². The quantitative estimate of drug-likeness (QED) is 0.585. The van der Waals surface area contributed by atoms with Gasteiger partial charge in [0.15, 0.2) is 6.61 Å². The van der Waals surface area contributed by atoms with Gasteiger partial charge in [-0.1, -0.05) is 18.2 Å². The average molecular weight is 389 g/mol. The molecule has 0 aliphatic heterocycles. The van der Waals surface area contributed by atoms with E-state index < -0.39 is 23.6 Å². The molecule has 0 aromatic heterocycles. The number of nitrogens with two attached hydrogens (primary N) is 1. The highest BCUT2D eigenvalue weighted by Gasteiger charge is 2.30. The van der Waals surface area contributed by atoms with E-state index in [0.717, 1.165) is 18.2 Å². The van der Waals surface area contributed by atoms with Crippen LogP contribution in [0.1, 0.15) is 11.1 Å². The smallest absolute Gasteiger partial charge is 0.416 e. The molecule has 2 amide bonds. The molecule has 0 saturated carbocycles. The monoisotopic (exact) mass is 389 g/mol. The van der Waals surface area contributed by atoms with Gasteiger partial charge in [0.25, 0.3) is 11.8 Å². The number of benzene rings is 2. The predicted octanol–water partition coefficient (Wildman–Crippen LogP) is 3.12. The molecule has 0 aliphatic rings. The number of rotatable bonds is 6. The third-order valence-electron chi connectivity index (χ3n) is 3.39. The molecule has 2 aromatic rings. The number of nitrogens with one attached hydrogen (secondary N) is 1. The summed E-state index contributed by atoms with van der Waals surface area (Å²) in [6.45, 7) is -0.294. The third kappa shape index (κ3) is 5.88. The number of primary amides is 1. The van der Waals surface area contributed by atoms with Crippen LogP contribution in [0.15, 0.2) is 54.1 Å². The van der Waals surface area contributed by atoms with E-state index >= 15 is 0 Å². The van der Waals surface area contributed by atoms with Gasteiger partial charge in [-0.25, -0.2) is 0 Å². The van der Waals surface area contributed by atoms with Crippen LogP contribution >= 0.6 is 0 Å². The Morgan fingerprint density at radius 2 is 1.86 bits per heavy atom. The minimum atomic E-state index is -4.55. The number of nitrogens with zero attached hydrogens (tertiary/aromatic N) is 1. The fourth-order valence-electron chi connectivity index (χ4n) is 2.10. The van der Waals surface area contributed by atoms with Crippen LogP contribution in [0.5, 0.6) is 5.75 Å². The molecule has 0 radical (unpaired) electrons. The van der Waals surface area contributed by atoms with E-state index in [1.807, 2.05) is 0 Å². The SMILES string of the molecule is N#C/C(=C\c1ccc(OCC(N)=O)cc1)C(=O)Nc1cccc(C(F)(F)F)c1. The van der Waals surface area contributed by atoms with Crippen LogP contribution in [0.25, 0.3) is 6.08 Å². The highest BCUT2D eigenvalue weighted by atomic mass is 19.4. The molecule has 9 heteroatoms. The predicted molar refractivity (Wildman–Crippen MR) is 94.8 cm³/mol. The van der Waals surface area contributed by atoms with Crippen molar-refractivity contribution in [2.45, 2.75) is 6.18 Å². The molecular formula is C19H14F3N3O3. The van der Waals surface area contributed by atoms with Crippen molar-refractivity contribution in [1.29, 1.82) is 5.26 Å². The fourth-order valence-corrected chi connectivity index (χ4v) is 2.10. The number of hydrogen-bond acceptors (Lipinski definition) is 4. The molecule has 0 aliphatic carbocycles. The van der Waals surface area contributed by atoms with E-state index in [-0.39, 0.29) is 17.9 Å². The van der Waals surface area contributed by atoms with Crippen LogP contribution in [0.4, 0.5) is 18.9 Å². The van der Waals surface area contributed by atoms with Gasteiger partial charge >= 0.3 is 6.18 Å². The normalized spacial score (nSPS) is 11.4. The van der Waals surface area contributed by atoms with E-state index in [1.54, 1.807) is 6.07 Å². The van der Waals surface area contributed by atoms with Crippen molar-refractivity contribution in [1.82, 2.24) is 0 Å². The molecule has 0 spiro atoms. The molecule has 0 heterocycles. The van der Waals surface area contributed by atoms with E-state index in [9.17, 15) is 28.0 Å². The summed E-state index contributed by atoms with van der Waals surface area (Å²) in [6, 6.07) is 11.9. The standard InChI is InChI=1S/C19H14F3N3O3/c20-19(21,22)14-2-1-3-15(9-14)25-18(27)13(10-23)8-12-4-6-16(7-5-12)28-11-17(24)26/h1-9H,11H2,(H2,24,26)(H,25,27)/b13-8+. The molecule has 0 bridgehead atoms. The number of nitriles is 1. The third-order valence-corrected chi connectivity index (χ3v) is 3.39. The number of alkyl halides is 3. The Morgan fingerprint density at radius 1 is 1.18 bits per heavy atom. The summed E-state index contributed by atoms with van der Waals surface area (Å²) >= 11 is 0. The second-order valence-electron chi connectivity index (χ2n) is 5.53. The zero-order valence-corrected chi connectivity index (χ0v) is 14.3. The molecule has 3 N–H and O–H groups in total. The van der Waals surface area contributed by atoms with Gasteiger partial charge in [-0.2, -0.15) is 18.4 Å². The zero-order chi connectivity index (χ0) is 20.7. The summed E-state index contributed by atoms with van der Waals surface area (Å²) < 4.78 is 43.3. The number of halogens is 3. The Bertz CT molecular complexity index is 945. The van der Waals surface area contributed by atoms with Crippen molar-refractivity contribution in [3.05, 3.63) is 65.2 Å². The molecule has 0 unspecified atom stereocenters. The van der Waals surface area contributed by atoms with E-state index in [0.29, 0.717) is 11.3 Å². The lowest BCUT2D eigenvalue weighted by atomic mass is 10.1. The van der Waals surface area contributed by atoms with Crippen LogP contribution < -0.4 is 15.8 Å². The minimum absolute atomic E-state index is 0.0869. The van der Waals surface area contributed by atoms with Crippen LogP contribution in [0, 0.1) is 11.3 Å². The van der Waals surface area contributed by atoms with Gasteiger partial charge in [0, 0.05) is 5.69 Å². The second kappa shape index (κ2) is 8.73. The molecule has 0 atom stereocenters. The first-order valence-electron chi connectivity index (χ1n) is 7.80. The molecule has 144 valence electrons. The number of amides is 2. The number of anilines is 1. The van der Waals surface area contributed by atoms with Crippen LogP contribution in [-0.4, -0.2) is 18.4 Å². The Morgan fingerprint density at radius 3 is 2.43 bits per heavy atom. The summed E-state index contributed by atoms with van der Waals surface area (Å²) in [5, 5.41) is 11.4. The number of hydrogen-bond donors (Lipinski definition) is 2. The van der Waals surface area contributed by atoms with Crippen molar-refractivity contribution in [2.75, 3.05) is 11.9 Å². The Kier molecular flexibility index (Phi) is 6.39. The highest BCUT2D eigenvalue weighted by Crippen LogP contribution is 2.30. The number of ether oxygens (including phenoxy) is 1. The number of carbonyl (C=O) groups is 2. The highest BCUT2D eigenvalue weighted by molar-refractivity contribution is 6.09. The fraction of sp³-hybridized carbons (Fsp3) is 0.105. The first-order valence-corrected chi connectivity index (χ1v) is 7.80. The van der Waals surface area contributed by atoms with Gasteiger partial charge in [0.05, 0.1) is 5.56 Å². The largest absolute Gasteiger partial charge is 0.484 e. The first kappa shape index (κ1) is 20.5.